The summed E-state index contributed by atoms with van der Waals surface area (Å²) in [6.07, 6.45) is 8.20. The van der Waals surface area contributed by atoms with Gasteiger partial charge in [0.25, 0.3) is 0 Å². The van der Waals surface area contributed by atoms with E-state index in [4.69, 9.17) is 4.42 Å². The van der Waals surface area contributed by atoms with Gasteiger partial charge in [-0.05, 0) is 60.7 Å². The number of anilines is 1. The summed E-state index contributed by atoms with van der Waals surface area (Å²) in [6, 6.07) is 9.73. The first-order chi connectivity index (χ1) is 9.31. The van der Waals surface area contributed by atoms with Crippen LogP contribution in [-0.2, 0) is 17.6 Å². The summed E-state index contributed by atoms with van der Waals surface area (Å²) in [5.41, 5.74) is 3.62. The third-order valence-corrected chi connectivity index (χ3v) is 3.31. The van der Waals surface area contributed by atoms with Crippen molar-refractivity contribution in [3.63, 3.8) is 0 Å². The molecule has 1 amide bonds. The first-order valence-corrected chi connectivity index (χ1v) is 6.46. The van der Waals surface area contributed by atoms with Gasteiger partial charge in [-0.2, -0.15) is 0 Å². The molecule has 0 unspecified atom stereocenters. The van der Waals surface area contributed by atoms with E-state index in [1.807, 2.05) is 6.07 Å². The zero-order valence-corrected chi connectivity index (χ0v) is 10.6. The molecule has 1 aliphatic carbocycles. The number of hydrogen-bond donors (Lipinski definition) is 1. The largest absolute Gasteiger partial charge is 0.465 e. The number of benzene rings is 1. The Morgan fingerprint density at radius 2 is 2.11 bits per heavy atom. The minimum absolute atomic E-state index is 0.144. The lowest BCUT2D eigenvalue weighted by atomic mass is 10.1. The number of hydrogen-bond acceptors (Lipinski definition) is 2. The predicted octanol–water partition coefficient (Wildman–Crippen LogP) is 3.42. The molecule has 0 fully saturated rings. The molecule has 0 aliphatic heterocycles. The van der Waals surface area contributed by atoms with Crippen LogP contribution in [0.15, 0.2) is 47.1 Å². The Morgan fingerprint density at radius 3 is 2.95 bits per heavy atom. The average Bonchev–Trinajstić information content (AvgIpc) is 3.07. The molecule has 3 nitrogen and oxygen atoms in total. The van der Waals surface area contributed by atoms with Crippen molar-refractivity contribution < 1.29 is 9.21 Å². The van der Waals surface area contributed by atoms with Gasteiger partial charge in [0.1, 0.15) is 5.76 Å². The Hall–Kier alpha value is -2.29. The maximum Gasteiger partial charge on any atom is 0.248 e. The van der Waals surface area contributed by atoms with Crippen LogP contribution in [0.2, 0.25) is 0 Å². The first kappa shape index (κ1) is 11.8. The monoisotopic (exact) mass is 253 g/mol. The molecule has 0 saturated carbocycles. The Balaban J connectivity index is 1.66. The van der Waals surface area contributed by atoms with Crippen LogP contribution in [0.1, 0.15) is 23.3 Å². The summed E-state index contributed by atoms with van der Waals surface area (Å²) < 4.78 is 5.13. The molecule has 0 atom stereocenters. The molecule has 0 radical (unpaired) electrons. The second-order valence-corrected chi connectivity index (χ2v) is 4.68. The highest BCUT2D eigenvalue weighted by atomic mass is 16.3. The van der Waals surface area contributed by atoms with Crippen LogP contribution in [0.5, 0.6) is 0 Å². The summed E-state index contributed by atoms with van der Waals surface area (Å²) >= 11 is 0. The standard InChI is InChI=1S/C16H15NO2/c18-16(9-8-15-5-2-10-19-15)17-14-7-6-12-3-1-4-13(12)11-14/h2,5-11H,1,3-4H2,(H,17,18)/b9-8+. The molecule has 0 bridgehead atoms. The lowest BCUT2D eigenvalue weighted by Crippen LogP contribution is -2.07. The smallest absolute Gasteiger partial charge is 0.248 e. The highest BCUT2D eigenvalue weighted by molar-refractivity contribution is 6.01. The lowest BCUT2D eigenvalue weighted by Gasteiger charge is -2.05. The Morgan fingerprint density at radius 1 is 1.21 bits per heavy atom. The van der Waals surface area contributed by atoms with Crippen LogP contribution in [0.4, 0.5) is 5.69 Å². The predicted molar refractivity (Wildman–Crippen MR) is 74.8 cm³/mol. The first-order valence-electron chi connectivity index (χ1n) is 6.46. The Labute approximate surface area is 111 Å². The summed E-state index contributed by atoms with van der Waals surface area (Å²) in [7, 11) is 0. The van der Waals surface area contributed by atoms with Gasteiger partial charge < -0.3 is 9.73 Å². The van der Waals surface area contributed by atoms with Gasteiger partial charge in [-0.1, -0.05) is 6.07 Å². The fourth-order valence-electron chi connectivity index (χ4n) is 2.38. The van der Waals surface area contributed by atoms with E-state index in [9.17, 15) is 4.79 Å². The summed E-state index contributed by atoms with van der Waals surface area (Å²) in [5.74, 6) is 0.526. The van der Waals surface area contributed by atoms with Crippen molar-refractivity contribution in [2.24, 2.45) is 0 Å². The molecule has 1 heterocycles. The lowest BCUT2D eigenvalue weighted by molar-refractivity contribution is -0.111. The maximum absolute atomic E-state index is 11.8. The van der Waals surface area contributed by atoms with Crippen molar-refractivity contribution in [2.45, 2.75) is 19.3 Å². The maximum atomic E-state index is 11.8. The van der Waals surface area contributed by atoms with Crippen molar-refractivity contribution >= 4 is 17.7 Å². The van der Waals surface area contributed by atoms with E-state index in [1.165, 1.54) is 23.6 Å². The molecule has 3 rings (SSSR count). The molecule has 1 aromatic carbocycles. The Kier molecular flexibility index (Phi) is 3.19. The molecule has 3 heteroatoms. The van der Waals surface area contributed by atoms with Crippen LogP contribution in [0.3, 0.4) is 0 Å². The van der Waals surface area contributed by atoms with Crippen LogP contribution in [0, 0.1) is 0 Å². The summed E-state index contributed by atoms with van der Waals surface area (Å²) in [4.78, 5) is 11.8. The van der Waals surface area contributed by atoms with E-state index < -0.39 is 0 Å². The molecule has 1 N–H and O–H groups in total. The van der Waals surface area contributed by atoms with Crippen molar-refractivity contribution in [1.29, 1.82) is 0 Å². The van der Waals surface area contributed by atoms with Crippen LogP contribution >= 0.6 is 0 Å². The molecule has 19 heavy (non-hydrogen) atoms. The van der Waals surface area contributed by atoms with E-state index in [1.54, 1.807) is 24.5 Å². The van der Waals surface area contributed by atoms with Gasteiger partial charge in [0.2, 0.25) is 5.91 Å². The van der Waals surface area contributed by atoms with Gasteiger partial charge in [-0.25, -0.2) is 0 Å². The normalized spacial score (nSPS) is 13.7. The number of nitrogens with one attached hydrogen (secondary N) is 1. The van der Waals surface area contributed by atoms with Crippen LogP contribution < -0.4 is 5.32 Å². The fraction of sp³-hybridized carbons (Fsp3) is 0.188. The van der Waals surface area contributed by atoms with Crippen molar-refractivity contribution in [3.8, 4) is 0 Å². The molecule has 0 spiro atoms. The van der Waals surface area contributed by atoms with Gasteiger partial charge >= 0.3 is 0 Å². The minimum Gasteiger partial charge on any atom is -0.465 e. The molecular weight excluding hydrogens is 238 g/mol. The van der Waals surface area contributed by atoms with Crippen molar-refractivity contribution in [1.82, 2.24) is 0 Å². The van der Waals surface area contributed by atoms with Crippen molar-refractivity contribution in [2.75, 3.05) is 5.32 Å². The van der Waals surface area contributed by atoms with Gasteiger partial charge in [0, 0.05) is 11.8 Å². The average molecular weight is 253 g/mol. The zero-order chi connectivity index (χ0) is 13.1. The Bertz CT molecular complexity index is 612. The third kappa shape index (κ3) is 2.76. The minimum atomic E-state index is -0.144. The summed E-state index contributed by atoms with van der Waals surface area (Å²) in [6.45, 7) is 0. The molecule has 0 saturated heterocycles. The van der Waals surface area contributed by atoms with E-state index in [2.05, 4.69) is 17.4 Å². The quantitative estimate of drug-likeness (QED) is 0.852. The highest BCUT2D eigenvalue weighted by Crippen LogP contribution is 2.24. The van der Waals surface area contributed by atoms with E-state index >= 15 is 0 Å². The molecule has 96 valence electrons. The zero-order valence-electron chi connectivity index (χ0n) is 10.6. The molecule has 2 aromatic rings. The topological polar surface area (TPSA) is 42.2 Å². The van der Waals surface area contributed by atoms with Gasteiger partial charge in [-0.3, -0.25) is 4.79 Å². The molecular formula is C16H15NO2. The number of carbonyl (C=O) groups excluding carboxylic acids is 1. The number of aryl methyl sites for hydroxylation is 2. The number of amides is 1. The van der Waals surface area contributed by atoms with Gasteiger partial charge in [-0.15, -0.1) is 0 Å². The summed E-state index contributed by atoms with van der Waals surface area (Å²) in [5, 5.41) is 2.87. The molecule has 1 aromatic heterocycles. The molecule has 1 aliphatic rings. The second-order valence-electron chi connectivity index (χ2n) is 4.68. The van der Waals surface area contributed by atoms with Crippen molar-refractivity contribution in [3.05, 3.63) is 59.6 Å². The number of furan rings is 1. The number of fused-ring (bicyclic) bond motifs is 1. The van der Waals surface area contributed by atoms with E-state index in [0.717, 1.165) is 18.5 Å². The number of rotatable bonds is 3. The van der Waals surface area contributed by atoms with Crippen LogP contribution in [0.25, 0.3) is 6.08 Å². The fourth-order valence-corrected chi connectivity index (χ4v) is 2.38. The number of carbonyl (C=O) groups is 1. The second kappa shape index (κ2) is 5.14. The SMILES string of the molecule is O=C(/C=C/c1ccco1)Nc1ccc2c(c1)CCC2. The van der Waals surface area contributed by atoms with E-state index in [0.29, 0.717) is 5.76 Å². The van der Waals surface area contributed by atoms with Gasteiger partial charge in [0.15, 0.2) is 0 Å². The van der Waals surface area contributed by atoms with E-state index in [-0.39, 0.29) is 5.91 Å². The highest BCUT2D eigenvalue weighted by Gasteiger charge is 2.11. The third-order valence-electron chi connectivity index (χ3n) is 3.31. The van der Waals surface area contributed by atoms with Crippen LogP contribution in [-0.4, -0.2) is 5.91 Å². The van der Waals surface area contributed by atoms with Gasteiger partial charge in [0.05, 0.1) is 6.26 Å².